The van der Waals surface area contributed by atoms with E-state index in [0.29, 0.717) is 20.6 Å². The van der Waals surface area contributed by atoms with E-state index in [1.165, 1.54) is 76.5 Å². The van der Waals surface area contributed by atoms with Gasteiger partial charge in [-0.25, -0.2) is 0 Å². The molecule has 0 N–H and O–H groups in total. The zero-order chi connectivity index (χ0) is 30.3. The van der Waals surface area contributed by atoms with Crippen LogP contribution in [0.1, 0.15) is 147 Å². The van der Waals surface area contributed by atoms with Gasteiger partial charge >= 0.3 is 35.0 Å². The number of allylic oxidation sites excluding steroid dienone is 4. The van der Waals surface area contributed by atoms with Crippen LogP contribution in [0.15, 0.2) is 24.3 Å². The Kier molecular flexibility index (Phi) is 20.6. The predicted octanol–water partition coefficient (Wildman–Crippen LogP) is 13.8. The first-order valence-electron chi connectivity index (χ1n) is 15.5. The monoisotopic (exact) mass is 712 g/mol. The third-order valence-electron chi connectivity index (χ3n) is 7.93. The third kappa shape index (κ3) is 19.5. The van der Waals surface area contributed by atoms with Crippen molar-refractivity contribution in [2.24, 2.45) is 11.8 Å². The Morgan fingerprint density at radius 1 is 0.513 bits per heavy atom. The summed E-state index contributed by atoms with van der Waals surface area (Å²) in [5, 5.41) is 1.85. The van der Waals surface area contributed by atoms with Crippen molar-refractivity contribution in [2.75, 3.05) is 12.3 Å². The molecule has 2 aliphatic carbocycles. The van der Waals surface area contributed by atoms with Crippen LogP contribution in [0.4, 0.5) is 0 Å². The van der Waals surface area contributed by atoms with Crippen LogP contribution >= 0.6 is 34.9 Å². The number of hydrogen-bond donors (Lipinski definition) is 0. The van der Waals surface area contributed by atoms with Gasteiger partial charge in [0.1, 0.15) is 0 Å². The quantitative estimate of drug-likeness (QED) is 0.146. The van der Waals surface area contributed by atoms with Gasteiger partial charge in [0.2, 0.25) is 0 Å². The van der Waals surface area contributed by atoms with E-state index in [9.17, 15) is 0 Å². The Balaban J connectivity index is 0.000000673. The standard InChI is InChI=1S/2C17H33P.2ClH.Pd/c2*1-16(2,3)18(17(4,5)6)14-10-13-15-11-8-7-9-12-15;;;/h2*10,13,15H,7-9,11-12,14H2,1-6H3;2*1H;/q;;;;+2/p-2. The van der Waals surface area contributed by atoms with Gasteiger partial charge in [-0.1, -0.05) is 162 Å². The first-order valence-corrected chi connectivity index (χ1v) is 22.6. The van der Waals surface area contributed by atoms with Crippen LogP contribution in [0.25, 0.3) is 0 Å². The van der Waals surface area contributed by atoms with Gasteiger partial charge in [-0.2, -0.15) is 0 Å². The van der Waals surface area contributed by atoms with Crippen LogP contribution in [-0.2, 0) is 15.9 Å². The molecular formula is C34H66Cl2P2Pd. The van der Waals surface area contributed by atoms with E-state index in [2.05, 4.69) is 107 Å². The average molecular weight is 714 g/mol. The molecular weight excluding hydrogens is 648 g/mol. The number of rotatable bonds is 6. The van der Waals surface area contributed by atoms with E-state index in [-0.39, 0.29) is 31.8 Å². The van der Waals surface area contributed by atoms with Crippen molar-refractivity contribution >= 4 is 34.9 Å². The molecule has 0 heterocycles. The number of hydrogen-bond acceptors (Lipinski definition) is 0. The summed E-state index contributed by atoms with van der Waals surface area (Å²) < 4.78 is 0. The second-order valence-corrected chi connectivity index (χ2v) is 25.8. The molecule has 236 valence electrons. The summed E-state index contributed by atoms with van der Waals surface area (Å²) in [7, 11) is 9.71. The zero-order valence-electron chi connectivity index (χ0n) is 27.9. The van der Waals surface area contributed by atoms with Gasteiger partial charge in [0, 0.05) is 0 Å². The SMILES string of the molecule is CC(C)(C)P(CC=CC1CCCCC1)C(C)(C)C.CC(C)(C)P(CC=CC1CCCCC1)C(C)(C)C.[Cl][Pd][Cl]. The van der Waals surface area contributed by atoms with Crippen molar-refractivity contribution in [2.45, 2.75) is 168 Å². The summed E-state index contributed by atoms with van der Waals surface area (Å²) in [6.07, 6.45) is 27.1. The Labute approximate surface area is 265 Å². The van der Waals surface area contributed by atoms with Crippen LogP contribution in [0.5, 0.6) is 0 Å². The van der Waals surface area contributed by atoms with Crippen molar-refractivity contribution in [3.05, 3.63) is 24.3 Å². The molecule has 0 saturated heterocycles. The fourth-order valence-corrected chi connectivity index (χ4v) is 13.4. The van der Waals surface area contributed by atoms with Crippen LogP contribution in [0.2, 0.25) is 0 Å². The van der Waals surface area contributed by atoms with Crippen molar-refractivity contribution < 1.29 is 15.9 Å². The molecule has 0 atom stereocenters. The molecule has 0 aromatic carbocycles. The van der Waals surface area contributed by atoms with Crippen molar-refractivity contribution in [3.63, 3.8) is 0 Å². The molecule has 0 amide bonds. The van der Waals surface area contributed by atoms with Crippen LogP contribution in [-0.4, -0.2) is 32.9 Å². The summed E-state index contributed by atoms with van der Waals surface area (Å²) in [5.74, 6) is 1.77. The molecule has 39 heavy (non-hydrogen) atoms. The first-order chi connectivity index (χ1) is 17.8. The molecule has 0 aromatic heterocycles. The van der Waals surface area contributed by atoms with Crippen molar-refractivity contribution in [1.29, 1.82) is 0 Å². The minimum atomic E-state index is -0.106. The van der Waals surface area contributed by atoms with Gasteiger partial charge in [-0.15, -0.1) is 0 Å². The average Bonchev–Trinajstić information content (AvgIpc) is 2.79. The van der Waals surface area contributed by atoms with Crippen LogP contribution < -0.4 is 0 Å². The topological polar surface area (TPSA) is 0 Å². The first kappa shape index (κ1) is 40.6. The molecule has 0 aromatic rings. The summed E-state index contributed by atoms with van der Waals surface area (Å²) in [5.41, 5.74) is 0. The van der Waals surface area contributed by atoms with Gasteiger partial charge < -0.3 is 0 Å². The molecule has 2 fully saturated rings. The van der Waals surface area contributed by atoms with E-state index in [1.54, 1.807) is 0 Å². The van der Waals surface area contributed by atoms with E-state index in [1.807, 2.05) is 0 Å². The van der Waals surface area contributed by atoms with E-state index in [0.717, 1.165) is 11.8 Å². The van der Waals surface area contributed by atoms with Crippen molar-refractivity contribution in [1.82, 2.24) is 0 Å². The molecule has 5 heteroatoms. The zero-order valence-corrected chi connectivity index (χ0v) is 32.8. The maximum atomic E-state index is 4.81. The molecule has 2 rings (SSSR count). The normalized spacial score (nSPS) is 19.0. The molecule has 0 spiro atoms. The second-order valence-electron chi connectivity index (χ2n) is 15.6. The Bertz CT molecular complexity index is 579. The van der Waals surface area contributed by atoms with Crippen molar-refractivity contribution in [3.8, 4) is 0 Å². The van der Waals surface area contributed by atoms with Gasteiger partial charge in [0.25, 0.3) is 0 Å². The van der Waals surface area contributed by atoms with Crippen LogP contribution in [0, 0.1) is 11.8 Å². The molecule has 2 aliphatic rings. The van der Waals surface area contributed by atoms with Crippen LogP contribution in [0.3, 0.4) is 0 Å². The summed E-state index contributed by atoms with van der Waals surface area (Å²) >= 11 is -0.106. The number of halogens is 2. The molecule has 0 aliphatic heterocycles. The fraction of sp³-hybridized carbons (Fsp3) is 0.882. The third-order valence-corrected chi connectivity index (χ3v) is 15.6. The van der Waals surface area contributed by atoms with E-state index < -0.39 is 0 Å². The Morgan fingerprint density at radius 3 is 0.949 bits per heavy atom. The second kappa shape index (κ2) is 19.8. The van der Waals surface area contributed by atoms with Gasteiger partial charge in [-0.3, -0.25) is 0 Å². The summed E-state index contributed by atoms with van der Waals surface area (Å²) in [4.78, 5) is 0. The molecule has 2 saturated carbocycles. The van der Waals surface area contributed by atoms with Gasteiger partial charge in [0.15, 0.2) is 0 Å². The minimum absolute atomic E-state index is 0.0435. The molecule has 0 bridgehead atoms. The molecule has 0 nitrogen and oxygen atoms in total. The van der Waals surface area contributed by atoms with Gasteiger partial charge in [0.05, 0.1) is 0 Å². The Morgan fingerprint density at radius 2 is 0.744 bits per heavy atom. The Hall–Kier alpha value is 1.58. The maximum absolute atomic E-state index is 4.81. The fourth-order valence-electron chi connectivity index (χ4n) is 6.48. The van der Waals surface area contributed by atoms with E-state index in [4.69, 9.17) is 19.1 Å². The molecule has 0 radical (unpaired) electrons. The summed E-state index contributed by atoms with van der Waals surface area (Å²) in [6, 6.07) is 0. The van der Waals surface area contributed by atoms with Gasteiger partial charge in [-0.05, 0) is 70.5 Å². The van der Waals surface area contributed by atoms with E-state index >= 15 is 0 Å². The molecule has 0 unspecified atom stereocenters. The summed E-state index contributed by atoms with van der Waals surface area (Å²) in [6.45, 7) is 29.0. The predicted molar refractivity (Wildman–Crippen MR) is 186 cm³/mol.